The third kappa shape index (κ3) is 2.64. The maximum Gasteiger partial charge on any atom is 0.129 e. The van der Waals surface area contributed by atoms with E-state index in [1.807, 2.05) is 0 Å². The minimum absolute atomic E-state index is 0.0434. The zero-order chi connectivity index (χ0) is 12.4. The van der Waals surface area contributed by atoms with Gasteiger partial charge in [-0.25, -0.2) is 17.6 Å². The lowest BCUT2D eigenvalue weighted by Gasteiger charge is -2.05. The molecule has 0 radical (unpaired) electrons. The molecule has 2 aromatic carbocycles. The van der Waals surface area contributed by atoms with Gasteiger partial charge in [0.25, 0.3) is 0 Å². The van der Waals surface area contributed by atoms with E-state index in [0.717, 1.165) is 24.3 Å². The van der Waals surface area contributed by atoms with E-state index in [1.165, 1.54) is 12.1 Å². The molecular formula is C13H8F4. The highest BCUT2D eigenvalue weighted by molar-refractivity contribution is 5.28. The van der Waals surface area contributed by atoms with Gasteiger partial charge in [0.2, 0.25) is 0 Å². The van der Waals surface area contributed by atoms with Gasteiger partial charge in [-0.2, -0.15) is 0 Å². The summed E-state index contributed by atoms with van der Waals surface area (Å²) >= 11 is 0. The minimum atomic E-state index is -0.742. The van der Waals surface area contributed by atoms with Gasteiger partial charge in [-0.05, 0) is 23.3 Å². The van der Waals surface area contributed by atoms with Crippen LogP contribution in [0.1, 0.15) is 11.1 Å². The summed E-state index contributed by atoms with van der Waals surface area (Å²) < 4.78 is 51.9. The van der Waals surface area contributed by atoms with Crippen LogP contribution in [0.25, 0.3) is 0 Å². The van der Waals surface area contributed by atoms with Crippen LogP contribution in [0.15, 0.2) is 36.4 Å². The smallest absolute Gasteiger partial charge is 0.129 e. The zero-order valence-corrected chi connectivity index (χ0v) is 8.68. The Kier molecular flexibility index (Phi) is 3.13. The maximum atomic E-state index is 13.3. The lowest BCUT2D eigenvalue weighted by molar-refractivity contribution is 0.564. The molecule has 0 aliphatic rings. The first-order valence-electron chi connectivity index (χ1n) is 4.94. The fraction of sp³-hybridized carbons (Fsp3) is 0.0769. The molecule has 0 atom stereocenters. The summed E-state index contributed by atoms with van der Waals surface area (Å²) in [5.74, 6) is -2.86. The van der Waals surface area contributed by atoms with Gasteiger partial charge in [0.05, 0.1) is 0 Å². The van der Waals surface area contributed by atoms with Crippen molar-refractivity contribution in [3.05, 3.63) is 70.8 Å². The molecule has 0 heterocycles. The van der Waals surface area contributed by atoms with Crippen molar-refractivity contribution in [2.24, 2.45) is 0 Å². The minimum Gasteiger partial charge on any atom is -0.207 e. The molecule has 0 saturated carbocycles. The number of benzene rings is 2. The summed E-state index contributed by atoms with van der Waals surface area (Å²) in [4.78, 5) is 0. The van der Waals surface area contributed by atoms with Crippen molar-refractivity contribution < 1.29 is 17.6 Å². The van der Waals surface area contributed by atoms with Crippen LogP contribution in [0.4, 0.5) is 17.6 Å². The molecule has 88 valence electrons. The molecule has 0 saturated heterocycles. The largest absolute Gasteiger partial charge is 0.207 e. The number of hydrogen-bond acceptors (Lipinski definition) is 0. The SMILES string of the molecule is Fc1ccc(Cc2ccc(F)cc2F)c(F)c1. The molecule has 0 bridgehead atoms. The second-order valence-corrected chi connectivity index (χ2v) is 3.65. The van der Waals surface area contributed by atoms with Crippen molar-refractivity contribution in [1.82, 2.24) is 0 Å². The van der Waals surface area contributed by atoms with Gasteiger partial charge in [0.1, 0.15) is 23.3 Å². The Hall–Kier alpha value is -1.84. The molecule has 0 aliphatic carbocycles. The van der Waals surface area contributed by atoms with Crippen LogP contribution in [0.2, 0.25) is 0 Å². The topological polar surface area (TPSA) is 0 Å². The highest BCUT2D eigenvalue weighted by Gasteiger charge is 2.09. The first kappa shape index (κ1) is 11.6. The fourth-order valence-electron chi connectivity index (χ4n) is 1.54. The van der Waals surface area contributed by atoms with Crippen molar-refractivity contribution in [1.29, 1.82) is 0 Å². The van der Waals surface area contributed by atoms with E-state index in [0.29, 0.717) is 0 Å². The van der Waals surface area contributed by atoms with Crippen molar-refractivity contribution in [3.8, 4) is 0 Å². The standard InChI is InChI=1S/C13H8F4/c14-10-3-1-8(12(16)6-10)5-9-2-4-11(15)7-13(9)17/h1-4,6-7H,5H2. The van der Waals surface area contributed by atoms with Crippen molar-refractivity contribution in [2.45, 2.75) is 6.42 Å². The normalized spacial score (nSPS) is 10.6. The van der Waals surface area contributed by atoms with Crippen molar-refractivity contribution in [2.75, 3.05) is 0 Å². The van der Waals surface area contributed by atoms with Crippen molar-refractivity contribution >= 4 is 0 Å². The molecule has 0 N–H and O–H groups in total. The van der Waals surface area contributed by atoms with E-state index >= 15 is 0 Å². The van der Waals surface area contributed by atoms with Gasteiger partial charge in [-0.3, -0.25) is 0 Å². The molecular weight excluding hydrogens is 232 g/mol. The summed E-state index contributed by atoms with van der Waals surface area (Å²) in [6.45, 7) is 0. The third-order valence-electron chi connectivity index (χ3n) is 2.41. The van der Waals surface area contributed by atoms with Crippen LogP contribution in [0.3, 0.4) is 0 Å². The molecule has 4 heteroatoms. The van der Waals surface area contributed by atoms with E-state index in [2.05, 4.69) is 0 Å². The fourth-order valence-corrected chi connectivity index (χ4v) is 1.54. The molecule has 0 aromatic heterocycles. The number of rotatable bonds is 2. The zero-order valence-electron chi connectivity index (χ0n) is 8.68. The Labute approximate surface area is 95.5 Å². The lowest BCUT2D eigenvalue weighted by Crippen LogP contribution is -1.97. The van der Waals surface area contributed by atoms with Crippen molar-refractivity contribution in [3.63, 3.8) is 0 Å². The van der Waals surface area contributed by atoms with Crippen LogP contribution in [0.5, 0.6) is 0 Å². The Morgan fingerprint density at radius 2 is 1.06 bits per heavy atom. The lowest BCUT2D eigenvalue weighted by atomic mass is 10.0. The second kappa shape index (κ2) is 4.57. The monoisotopic (exact) mass is 240 g/mol. The van der Waals surface area contributed by atoms with E-state index in [-0.39, 0.29) is 17.5 Å². The average molecular weight is 240 g/mol. The molecule has 0 fully saturated rings. The van der Waals surface area contributed by atoms with Crippen LogP contribution < -0.4 is 0 Å². The van der Waals surface area contributed by atoms with E-state index < -0.39 is 23.3 Å². The van der Waals surface area contributed by atoms with E-state index in [4.69, 9.17) is 0 Å². The van der Waals surface area contributed by atoms with Gasteiger partial charge in [-0.15, -0.1) is 0 Å². The molecule has 0 amide bonds. The Bertz CT molecular complexity index is 500. The first-order valence-corrected chi connectivity index (χ1v) is 4.94. The Morgan fingerprint density at radius 3 is 1.41 bits per heavy atom. The first-order chi connectivity index (χ1) is 8.06. The van der Waals surface area contributed by atoms with Crippen LogP contribution in [-0.2, 0) is 6.42 Å². The summed E-state index contributed by atoms with van der Waals surface area (Å²) in [7, 11) is 0. The van der Waals surface area contributed by atoms with Gasteiger partial charge in [-0.1, -0.05) is 12.1 Å². The molecule has 0 aliphatic heterocycles. The third-order valence-corrected chi connectivity index (χ3v) is 2.41. The van der Waals surface area contributed by atoms with Gasteiger partial charge >= 0.3 is 0 Å². The summed E-state index contributed by atoms with van der Waals surface area (Å²) in [6, 6.07) is 6.15. The highest BCUT2D eigenvalue weighted by atomic mass is 19.1. The van der Waals surface area contributed by atoms with E-state index in [1.54, 1.807) is 0 Å². The van der Waals surface area contributed by atoms with Gasteiger partial charge < -0.3 is 0 Å². The summed E-state index contributed by atoms with van der Waals surface area (Å²) in [5.41, 5.74) is 0.328. The predicted octanol–water partition coefficient (Wildman–Crippen LogP) is 3.83. The molecule has 2 rings (SSSR count). The van der Waals surface area contributed by atoms with Crippen LogP contribution in [-0.4, -0.2) is 0 Å². The average Bonchev–Trinajstić information content (AvgIpc) is 2.25. The number of halogens is 4. The van der Waals surface area contributed by atoms with E-state index in [9.17, 15) is 17.6 Å². The molecule has 0 spiro atoms. The van der Waals surface area contributed by atoms with Gasteiger partial charge in [0, 0.05) is 18.6 Å². The maximum absolute atomic E-state index is 13.3. The molecule has 0 nitrogen and oxygen atoms in total. The van der Waals surface area contributed by atoms with Crippen LogP contribution >= 0.6 is 0 Å². The second-order valence-electron chi connectivity index (χ2n) is 3.65. The molecule has 17 heavy (non-hydrogen) atoms. The number of hydrogen-bond donors (Lipinski definition) is 0. The molecule has 0 unspecified atom stereocenters. The highest BCUT2D eigenvalue weighted by Crippen LogP contribution is 2.17. The van der Waals surface area contributed by atoms with Crippen LogP contribution in [0, 0.1) is 23.3 Å². The predicted molar refractivity (Wildman–Crippen MR) is 55.5 cm³/mol. The molecule has 2 aromatic rings. The quantitative estimate of drug-likeness (QED) is 0.700. The summed E-state index contributed by atoms with van der Waals surface area (Å²) in [6.07, 6.45) is -0.0434. The Balaban J connectivity index is 2.31. The summed E-state index contributed by atoms with van der Waals surface area (Å²) in [5, 5.41) is 0. The van der Waals surface area contributed by atoms with Gasteiger partial charge in [0.15, 0.2) is 0 Å². The Morgan fingerprint density at radius 1 is 0.647 bits per heavy atom.